The van der Waals surface area contributed by atoms with Crippen molar-refractivity contribution in [3.05, 3.63) is 52.7 Å². The lowest BCUT2D eigenvalue weighted by Crippen LogP contribution is -2.29. The number of anilines is 2. The Labute approximate surface area is 150 Å². The lowest BCUT2D eigenvalue weighted by Gasteiger charge is -2.28. The van der Waals surface area contributed by atoms with Crippen LogP contribution in [0.25, 0.3) is 0 Å². The van der Waals surface area contributed by atoms with Gasteiger partial charge in [-0.05, 0) is 65.6 Å². The number of aromatic nitrogens is 1. The van der Waals surface area contributed by atoms with Crippen LogP contribution in [-0.2, 0) is 4.79 Å². The molecule has 3 rings (SSSR count). The van der Waals surface area contributed by atoms with E-state index in [0.717, 1.165) is 18.8 Å². The van der Waals surface area contributed by atoms with Crippen LogP contribution < -0.4 is 15.0 Å². The molecule has 0 aliphatic carbocycles. The Hall–Kier alpha value is -3.16. The summed E-state index contributed by atoms with van der Waals surface area (Å²) in [5.74, 6) is -0.840. The highest BCUT2D eigenvalue weighted by Crippen LogP contribution is 2.23. The van der Waals surface area contributed by atoms with E-state index in [1.807, 2.05) is 24.3 Å². The fourth-order valence-corrected chi connectivity index (χ4v) is 2.88. The van der Waals surface area contributed by atoms with Gasteiger partial charge in [-0.25, -0.2) is 0 Å². The normalized spacial score (nSPS) is 13.9. The number of nitrogens with one attached hydrogen (secondary N) is 1. The Morgan fingerprint density at radius 2 is 1.92 bits per heavy atom. The largest absolute Gasteiger partial charge is 0.476 e. The molecular weight excluding hydrogens is 336 g/mol. The number of amides is 1. The zero-order valence-electron chi connectivity index (χ0n) is 14.3. The quantitative estimate of drug-likeness (QED) is 0.631. The van der Waals surface area contributed by atoms with Crippen LogP contribution in [0.15, 0.2) is 42.6 Å². The van der Waals surface area contributed by atoms with Crippen molar-refractivity contribution in [2.45, 2.75) is 19.3 Å². The lowest BCUT2D eigenvalue weighted by molar-refractivity contribution is -0.390. The predicted octanol–water partition coefficient (Wildman–Crippen LogP) is 3.00. The molecule has 26 heavy (non-hydrogen) atoms. The first-order valence-electron chi connectivity index (χ1n) is 8.50. The van der Waals surface area contributed by atoms with Crippen molar-refractivity contribution >= 4 is 23.1 Å². The van der Waals surface area contributed by atoms with Crippen molar-refractivity contribution in [2.75, 3.05) is 29.9 Å². The highest BCUT2D eigenvalue weighted by atomic mass is 16.6. The first-order valence-corrected chi connectivity index (χ1v) is 8.50. The van der Waals surface area contributed by atoms with Crippen LogP contribution in [0.1, 0.15) is 19.3 Å². The van der Waals surface area contributed by atoms with Crippen LogP contribution in [-0.4, -0.2) is 35.5 Å². The monoisotopic (exact) mass is 356 g/mol. The van der Waals surface area contributed by atoms with Gasteiger partial charge in [-0.3, -0.25) is 4.79 Å². The highest BCUT2D eigenvalue weighted by Gasteiger charge is 2.17. The van der Waals surface area contributed by atoms with Crippen molar-refractivity contribution in [1.82, 2.24) is 4.98 Å². The van der Waals surface area contributed by atoms with E-state index in [0.29, 0.717) is 5.69 Å². The molecule has 0 unspecified atom stereocenters. The zero-order valence-corrected chi connectivity index (χ0v) is 14.3. The maximum absolute atomic E-state index is 12.0. The van der Waals surface area contributed by atoms with E-state index in [4.69, 9.17) is 4.74 Å². The van der Waals surface area contributed by atoms with Crippen LogP contribution in [0.3, 0.4) is 0 Å². The van der Waals surface area contributed by atoms with Crippen LogP contribution in [0, 0.1) is 10.1 Å². The number of hydrogen-bond acceptors (Lipinski definition) is 6. The summed E-state index contributed by atoms with van der Waals surface area (Å²) in [5.41, 5.74) is 1.80. The smallest absolute Gasteiger partial charge is 0.406 e. The second-order valence-corrected chi connectivity index (χ2v) is 6.01. The number of carbonyl (C=O) groups excluding carboxylic acids is 1. The van der Waals surface area contributed by atoms with Crippen molar-refractivity contribution < 1.29 is 14.5 Å². The average molecular weight is 356 g/mol. The highest BCUT2D eigenvalue weighted by molar-refractivity contribution is 5.92. The molecule has 1 aliphatic heterocycles. The van der Waals surface area contributed by atoms with Gasteiger partial charge in [0, 0.05) is 24.5 Å². The fraction of sp³-hybridized carbons (Fsp3) is 0.333. The average Bonchev–Trinajstić information content (AvgIpc) is 2.68. The van der Waals surface area contributed by atoms with Crippen molar-refractivity contribution in [2.24, 2.45) is 0 Å². The molecule has 0 radical (unpaired) electrons. The third-order valence-electron chi connectivity index (χ3n) is 4.15. The van der Waals surface area contributed by atoms with E-state index < -0.39 is 16.6 Å². The Balaban J connectivity index is 1.54. The molecule has 136 valence electrons. The third-order valence-corrected chi connectivity index (χ3v) is 4.15. The summed E-state index contributed by atoms with van der Waals surface area (Å²) in [5, 5.41) is 13.6. The predicted molar refractivity (Wildman–Crippen MR) is 97.5 cm³/mol. The Bertz CT molecular complexity index is 773. The van der Waals surface area contributed by atoms with E-state index in [1.165, 1.54) is 37.6 Å². The zero-order chi connectivity index (χ0) is 18.4. The molecule has 0 atom stereocenters. The summed E-state index contributed by atoms with van der Waals surface area (Å²) in [6.45, 7) is 1.79. The molecule has 1 saturated heterocycles. The lowest BCUT2D eigenvalue weighted by atomic mass is 10.1. The summed E-state index contributed by atoms with van der Waals surface area (Å²) in [6, 6.07) is 10.6. The van der Waals surface area contributed by atoms with Gasteiger partial charge in [0.05, 0.1) is 0 Å². The molecule has 0 spiro atoms. The molecule has 1 N–H and O–H groups in total. The SMILES string of the molecule is O=C(COc1cccnc1[N+](=O)[O-])Nc1ccc(N2CCCCC2)cc1. The minimum atomic E-state index is -0.646. The van der Waals surface area contributed by atoms with Crippen LogP contribution >= 0.6 is 0 Å². The number of benzene rings is 1. The van der Waals surface area contributed by atoms with Crippen molar-refractivity contribution in [1.29, 1.82) is 0 Å². The maximum atomic E-state index is 12.0. The van der Waals surface area contributed by atoms with E-state index >= 15 is 0 Å². The Kier molecular flexibility index (Phi) is 5.62. The topological polar surface area (TPSA) is 97.6 Å². The summed E-state index contributed by atoms with van der Waals surface area (Å²) >= 11 is 0. The molecule has 1 aromatic heterocycles. The van der Waals surface area contributed by atoms with Gasteiger partial charge in [0.1, 0.15) is 6.20 Å². The molecule has 2 aromatic rings. The van der Waals surface area contributed by atoms with Gasteiger partial charge in [0.15, 0.2) is 6.61 Å². The second kappa shape index (κ2) is 8.28. The molecule has 1 aromatic carbocycles. The van der Waals surface area contributed by atoms with E-state index in [1.54, 1.807) is 0 Å². The Morgan fingerprint density at radius 1 is 1.19 bits per heavy atom. The molecule has 2 heterocycles. The molecule has 8 nitrogen and oxygen atoms in total. The number of pyridine rings is 1. The number of ether oxygens (including phenoxy) is 1. The molecule has 1 amide bonds. The second-order valence-electron chi connectivity index (χ2n) is 6.01. The molecule has 0 saturated carbocycles. The number of carbonyl (C=O) groups is 1. The first kappa shape index (κ1) is 17.7. The van der Waals surface area contributed by atoms with Crippen LogP contribution in [0.4, 0.5) is 17.2 Å². The maximum Gasteiger partial charge on any atom is 0.406 e. The van der Waals surface area contributed by atoms with Crippen molar-refractivity contribution in [3.63, 3.8) is 0 Å². The first-order chi connectivity index (χ1) is 12.6. The minimum Gasteiger partial charge on any atom is -0.476 e. The minimum absolute atomic E-state index is 0.0342. The Morgan fingerprint density at radius 3 is 2.62 bits per heavy atom. The fourth-order valence-electron chi connectivity index (χ4n) is 2.88. The van der Waals surface area contributed by atoms with Gasteiger partial charge in [-0.1, -0.05) is 0 Å². The standard InChI is InChI=1S/C18H20N4O4/c23-17(13-26-16-5-4-10-19-18(16)22(24)25)20-14-6-8-15(9-7-14)21-11-2-1-3-12-21/h4-10H,1-3,11-13H2,(H,20,23). The number of rotatable bonds is 6. The number of nitrogens with zero attached hydrogens (tertiary/aromatic N) is 3. The van der Waals surface area contributed by atoms with Gasteiger partial charge in [0.2, 0.25) is 5.75 Å². The summed E-state index contributed by atoms with van der Waals surface area (Å²) in [6.07, 6.45) is 4.99. The number of nitro groups is 1. The van der Waals surface area contributed by atoms with Gasteiger partial charge in [-0.15, -0.1) is 0 Å². The molecular formula is C18H20N4O4. The molecule has 1 aliphatic rings. The molecule has 1 fully saturated rings. The van der Waals surface area contributed by atoms with Gasteiger partial charge < -0.3 is 25.1 Å². The van der Waals surface area contributed by atoms with E-state index in [-0.39, 0.29) is 12.4 Å². The van der Waals surface area contributed by atoms with Crippen LogP contribution in [0.5, 0.6) is 5.75 Å². The summed E-state index contributed by atoms with van der Waals surface area (Å²) < 4.78 is 5.23. The van der Waals surface area contributed by atoms with Gasteiger partial charge in [0.25, 0.3) is 5.91 Å². The van der Waals surface area contributed by atoms with E-state index in [9.17, 15) is 14.9 Å². The summed E-state index contributed by atoms with van der Waals surface area (Å²) in [7, 11) is 0. The third kappa shape index (κ3) is 4.47. The van der Waals surface area contributed by atoms with Gasteiger partial charge in [-0.2, -0.15) is 0 Å². The number of piperidine rings is 1. The van der Waals surface area contributed by atoms with Gasteiger partial charge >= 0.3 is 5.82 Å². The molecule has 0 bridgehead atoms. The van der Waals surface area contributed by atoms with E-state index in [2.05, 4.69) is 15.2 Å². The summed E-state index contributed by atoms with van der Waals surface area (Å²) in [4.78, 5) is 28.2. The van der Waals surface area contributed by atoms with Crippen molar-refractivity contribution in [3.8, 4) is 5.75 Å². The van der Waals surface area contributed by atoms with Crippen LogP contribution in [0.2, 0.25) is 0 Å². The molecule has 8 heteroatoms. The number of hydrogen-bond donors (Lipinski definition) is 1.